The van der Waals surface area contributed by atoms with Gasteiger partial charge in [-0.25, -0.2) is 9.97 Å². The summed E-state index contributed by atoms with van der Waals surface area (Å²) >= 11 is 0. The standard InChI is InChI=1S/C21H23N5O/c1-15-22-19-17-11-7-8-12-18(17)23-20(26(19)24-15)25(14-21(2,3)27)13-16-9-5-4-6-10-16/h4-12,27H,13-14H2,1-3H3. The van der Waals surface area contributed by atoms with Gasteiger partial charge in [-0.3, -0.25) is 0 Å². The van der Waals surface area contributed by atoms with Gasteiger partial charge in [0.25, 0.3) is 0 Å². The van der Waals surface area contributed by atoms with Gasteiger partial charge in [0.2, 0.25) is 5.95 Å². The van der Waals surface area contributed by atoms with Gasteiger partial charge < -0.3 is 10.0 Å². The van der Waals surface area contributed by atoms with E-state index in [2.05, 4.69) is 27.1 Å². The number of fused-ring (bicyclic) bond motifs is 3. The Labute approximate surface area is 158 Å². The van der Waals surface area contributed by atoms with Crippen LogP contribution in [0.5, 0.6) is 0 Å². The summed E-state index contributed by atoms with van der Waals surface area (Å²) in [6, 6.07) is 18.1. The zero-order chi connectivity index (χ0) is 19.0. The highest BCUT2D eigenvalue weighted by Gasteiger charge is 2.23. The number of para-hydroxylation sites is 1. The number of benzene rings is 2. The van der Waals surface area contributed by atoms with Crippen LogP contribution in [0.15, 0.2) is 54.6 Å². The molecule has 138 valence electrons. The molecule has 0 amide bonds. The highest BCUT2D eigenvalue weighted by atomic mass is 16.3. The van der Waals surface area contributed by atoms with Gasteiger partial charge in [0.1, 0.15) is 5.82 Å². The molecule has 0 fully saturated rings. The monoisotopic (exact) mass is 361 g/mol. The fourth-order valence-corrected chi connectivity index (χ4v) is 3.32. The van der Waals surface area contributed by atoms with Crippen LogP contribution in [0, 0.1) is 6.92 Å². The molecule has 0 radical (unpaired) electrons. The number of nitrogens with zero attached hydrogens (tertiary/aromatic N) is 5. The molecule has 0 bridgehead atoms. The Morgan fingerprint density at radius 1 is 1.00 bits per heavy atom. The summed E-state index contributed by atoms with van der Waals surface area (Å²) in [5.74, 6) is 1.37. The van der Waals surface area contributed by atoms with Gasteiger partial charge in [0.05, 0.1) is 11.1 Å². The molecular weight excluding hydrogens is 338 g/mol. The van der Waals surface area contributed by atoms with E-state index in [0.29, 0.717) is 24.9 Å². The Morgan fingerprint density at radius 2 is 1.70 bits per heavy atom. The van der Waals surface area contributed by atoms with Gasteiger partial charge in [-0.1, -0.05) is 42.5 Å². The lowest BCUT2D eigenvalue weighted by molar-refractivity contribution is 0.0865. The van der Waals surface area contributed by atoms with Gasteiger partial charge in [-0.05, 0) is 38.5 Å². The Kier molecular flexibility index (Phi) is 4.28. The molecule has 0 saturated heterocycles. The van der Waals surface area contributed by atoms with E-state index < -0.39 is 5.60 Å². The molecule has 4 aromatic rings. The Balaban J connectivity index is 1.90. The molecule has 2 heterocycles. The molecule has 4 rings (SSSR count). The number of aryl methyl sites for hydroxylation is 1. The molecule has 6 nitrogen and oxygen atoms in total. The van der Waals surface area contributed by atoms with E-state index in [4.69, 9.17) is 4.98 Å². The minimum absolute atomic E-state index is 0.418. The number of anilines is 1. The lowest BCUT2D eigenvalue weighted by atomic mass is 10.1. The van der Waals surface area contributed by atoms with E-state index >= 15 is 0 Å². The van der Waals surface area contributed by atoms with Crippen LogP contribution < -0.4 is 4.90 Å². The third-order valence-corrected chi connectivity index (χ3v) is 4.34. The maximum Gasteiger partial charge on any atom is 0.229 e. The average Bonchev–Trinajstić information content (AvgIpc) is 3.02. The summed E-state index contributed by atoms with van der Waals surface area (Å²) in [6.07, 6.45) is 0. The highest BCUT2D eigenvalue weighted by Crippen LogP contribution is 2.25. The second-order valence-corrected chi connectivity index (χ2v) is 7.48. The van der Waals surface area contributed by atoms with E-state index in [1.807, 2.05) is 49.4 Å². The molecule has 0 atom stereocenters. The van der Waals surface area contributed by atoms with Crippen molar-refractivity contribution < 1.29 is 5.11 Å². The third-order valence-electron chi connectivity index (χ3n) is 4.34. The zero-order valence-electron chi connectivity index (χ0n) is 15.8. The Hall–Kier alpha value is -2.99. The molecule has 0 aliphatic carbocycles. The fraction of sp³-hybridized carbons (Fsp3) is 0.286. The molecule has 27 heavy (non-hydrogen) atoms. The van der Waals surface area contributed by atoms with E-state index in [1.165, 1.54) is 0 Å². The average molecular weight is 361 g/mol. The SMILES string of the molecule is Cc1nc2c3ccccc3nc(N(Cc3ccccc3)CC(C)(C)O)n2n1. The summed E-state index contributed by atoms with van der Waals surface area (Å²) < 4.78 is 1.78. The Morgan fingerprint density at radius 3 is 2.44 bits per heavy atom. The van der Waals surface area contributed by atoms with Gasteiger partial charge >= 0.3 is 0 Å². The number of hydrogen-bond acceptors (Lipinski definition) is 5. The summed E-state index contributed by atoms with van der Waals surface area (Å²) in [4.78, 5) is 11.5. The zero-order valence-corrected chi connectivity index (χ0v) is 15.8. The molecule has 0 aliphatic rings. The van der Waals surface area contributed by atoms with Crippen molar-refractivity contribution in [2.75, 3.05) is 11.4 Å². The topological polar surface area (TPSA) is 66.5 Å². The normalized spacial score (nSPS) is 12.0. The number of hydrogen-bond donors (Lipinski definition) is 1. The van der Waals surface area contributed by atoms with Crippen molar-refractivity contribution in [3.8, 4) is 0 Å². The lowest BCUT2D eigenvalue weighted by Gasteiger charge is -2.30. The number of aromatic nitrogens is 4. The summed E-state index contributed by atoms with van der Waals surface area (Å²) in [7, 11) is 0. The summed E-state index contributed by atoms with van der Waals surface area (Å²) in [5.41, 5.74) is 1.90. The van der Waals surface area contributed by atoms with E-state index in [1.54, 1.807) is 18.4 Å². The summed E-state index contributed by atoms with van der Waals surface area (Å²) in [6.45, 7) is 6.51. The minimum Gasteiger partial charge on any atom is -0.389 e. The van der Waals surface area contributed by atoms with Crippen LogP contribution in [0.3, 0.4) is 0 Å². The van der Waals surface area contributed by atoms with Crippen LogP contribution in [-0.2, 0) is 6.54 Å². The van der Waals surface area contributed by atoms with Gasteiger partial charge in [-0.15, -0.1) is 5.10 Å². The number of aliphatic hydroxyl groups is 1. The van der Waals surface area contributed by atoms with Crippen LogP contribution in [0.25, 0.3) is 16.6 Å². The first-order valence-electron chi connectivity index (χ1n) is 9.04. The molecule has 0 saturated carbocycles. The van der Waals surface area contributed by atoms with Gasteiger partial charge in [-0.2, -0.15) is 4.52 Å². The quantitative estimate of drug-likeness (QED) is 0.590. The van der Waals surface area contributed by atoms with Crippen LogP contribution >= 0.6 is 0 Å². The smallest absolute Gasteiger partial charge is 0.229 e. The van der Waals surface area contributed by atoms with Crippen molar-refractivity contribution >= 4 is 22.5 Å². The second kappa shape index (κ2) is 6.63. The lowest BCUT2D eigenvalue weighted by Crippen LogP contribution is -2.39. The molecule has 0 unspecified atom stereocenters. The van der Waals surface area contributed by atoms with E-state index in [-0.39, 0.29) is 0 Å². The van der Waals surface area contributed by atoms with Gasteiger partial charge in [0.15, 0.2) is 5.65 Å². The first kappa shape index (κ1) is 17.4. The van der Waals surface area contributed by atoms with Crippen molar-refractivity contribution in [2.24, 2.45) is 0 Å². The maximum absolute atomic E-state index is 10.5. The first-order chi connectivity index (χ1) is 12.9. The second-order valence-electron chi connectivity index (χ2n) is 7.48. The molecule has 0 spiro atoms. The predicted molar refractivity (Wildman–Crippen MR) is 107 cm³/mol. The molecule has 1 N–H and O–H groups in total. The van der Waals surface area contributed by atoms with Crippen molar-refractivity contribution in [3.63, 3.8) is 0 Å². The highest BCUT2D eigenvalue weighted by molar-refractivity contribution is 5.92. The van der Waals surface area contributed by atoms with E-state index in [9.17, 15) is 5.11 Å². The van der Waals surface area contributed by atoms with Crippen molar-refractivity contribution in [2.45, 2.75) is 32.9 Å². The summed E-state index contributed by atoms with van der Waals surface area (Å²) in [5, 5.41) is 16.0. The van der Waals surface area contributed by atoms with Crippen molar-refractivity contribution in [1.29, 1.82) is 0 Å². The first-order valence-corrected chi connectivity index (χ1v) is 9.04. The van der Waals surface area contributed by atoms with Crippen LogP contribution in [0.4, 0.5) is 5.95 Å². The Bertz CT molecular complexity index is 1080. The third kappa shape index (κ3) is 3.61. The van der Waals surface area contributed by atoms with Crippen LogP contribution in [0.2, 0.25) is 0 Å². The molecular formula is C21H23N5O. The largest absolute Gasteiger partial charge is 0.389 e. The molecule has 2 aromatic heterocycles. The maximum atomic E-state index is 10.5. The van der Waals surface area contributed by atoms with E-state index in [0.717, 1.165) is 22.1 Å². The molecule has 0 aliphatic heterocycles. The van der Waals surface area contributed by atoms with Gasteiger partial charge in [0, 0.05) is 18.5 Å². The van der Waals surface area contributed by atoms with Crippen molar-refractivity contribution in [1.82, 2.24) is 19.6 Å². The van der Waals surface area contributed by atoms with Crippen LogP contribution in [-0.4, -0.2) is 36.8 Å². The predicted octanol–water partition coefficient (Wildman–Crippen LogP) is 3.36. The molecule has 6 heteroatoms. The fourth-order valence-electron chi connectivity index (χ4n) is 3.32. The minimum atomic E-state index is -0.885. The molecule has 2 aromatic carbocycles. The van der Waals surface area contributed by atoms with Crippen molar-refractivity contribution in [3.05, 3.63) is 66.0 Å². The van der Waals surface area contributed by atoms with Crippen LogP contribution in [0.1, 0.15) is 25.2 Å². The number of rotatable bonds is 5.